The van der Waals surface area contributed by atoms with Crippen molar-refractivity contribution < 1.29 is 4.42 Å². The topological polar surface area (TPSA) is 25.2 Å². The van der Waals surface area contributed by atoms with Gasteiger partial charge in [0, 0.05) is 0 Å². The zero-order valence-corrected chi connectivity index (χ0v) is 10.3. The molecule has 15 heavy (non-hydrogen) atoms. The van der Waals surface area contributed by atoms with Crippen LogP contribution in [0.4, 0.5) is 0 Å². The standard InChI is InChI=1S/C13H23NO/c1-5-7-14-12(9-10(2)3)13-11(4)6-8-15-13/h6,8,10,12,14H,5,7,9H2,1-4H3. The summed E-state index contributed by atoms with van der Waals surface area (Å²) in [5.74, 6) is 1.79. The Kier molecular flexibility index (Phi) is 4.89. The first-order valence-electron chi connectivity index (χ1n) is 5.92. The summed E-state index contributed by atoms with van der Waals surface area (Å²) in [6, 6.07) is 2.41. The number of nitrogens with one attached hydrogen (secondary N) is 1. The SMILES string of the molecule is CCCNC(CC(C)C)c1occc1C. The lowest BCUT2D eigenvalue weighted by molar-refractivity contribution is 0.359. The molecule has 0 aliphatic heterocycles. The predicted molar refractivity (Wildman–Crippen MR) is 63.9 cm³/mol. The summed E-state index contributed by atoms with van der Waals surface area (Å²) in [7, 11) is 0. The molecule has 1 N–H and O–H groups in total. The van der Waals surface area contributed by atoms with E-state index in [2.05, 4.69) is 33.0 Å². The lowest BCUT2D eigenvalue weighted by Gasteiger charge is -2.19. The van der Waals surface area contributed by atoms with Gasteiger partial charge in [-0.15, -0.1) is 0 Å². The molecule has 1 atom stereocenters. The highest BCUT2D eigenvalue weighted by atomic mass is 16.3. The fraction of sp³-hybridized carbons (Fsp3) is 0.692. The van der Waals surface area contributed by atoms with Crippen molar-refractivity contribution in [2.75, 3.05) is 6.54 Å². The van der Waals surface area contributed by atoms with Gasteiger partial charge in [0.2, 0.25) is 0 Å². The molecule has 0 saturated carbocycles. The molecule has 0 bridgehead atoms. The Morgan fingerprint density at radius 3 is 2.60 bits per heavy atom. The molecular weight excluding hydrogens is 186 g/mol. The maximum absolute atomic E-state index is 5.56. The number of rotatable bonds is 6. The van der Waals surface area contributed by atoms with E-state index in [4.69, 9.17) is 4.42 Å². The van der Waals surface area contributed by atoms with Gasteiger partial charge in [-0.1, -0.05) is 20.8 Å². The quantitative estimate of drug-likeness (QED) is 0.773. The first-order valence-corrected chi connectivity index (χ1v) is 5.92. The van der Waals surface area contributed by atoms with Gasteiger partial charge in [-0.3, -0.25) is 0 Å². The maximum Gasteiger partial charge on any atom is 0.123 e. The zero-order valence-electron chi connectivity index (χ0n) is 10.3. The van der Waals surface area contributed by atoms with E-state index in [9.17, 15) is 0 Å². The number of hydrogen-bond acceptors (Lipinski definition) is 2. The average Bonchev–Trinajstić information content (AvgIpc) is 2.58. The van der Waals surface area contributed by atoms with Crippen molar-refractivity contribution in [1.82, 2.24) is 5.32 Å². The molecule has 1 aromatic rings. The molecule has 1 rings (SSSR count). The van der Waals surface area contributed by atoms with Crippen molar-refractivity contribution in [2.45, 2.75) is 46.6 Å². The molecule has 0 amide bonds. The van der Waals surface area contributed by atoms with E-state index in [0.717, 1.165) is 25.1 Å². The van der Waals surface area contributed by atoms with Crippen LogP contribution in [0.2, 0.25) is 0 Å². The molecule has 2 heteroatoms. The second-order valence-electron chi connectivity index (χ2n) is 4.60. The van der Waals surface area contributed by atoms with Crippen molar-refractivity contribution in [1.29, 1.82) is 0 Å². The first-order chi connectivity index (χ1) is 7.15. The monoisotopic (exact) mass is 209 g/mol. The average molecular weight is 209 g/mol. The third-order valence-corrected chi connectivity index (χ3v) is 2.57. The second-order valence-corrected chi connectivity index (χ2v) is 4.60. The fourth-order valence-electron chi connectivity index (χ4n) is 1.81. The Bertz CT molecular complexity index is 278. The normalized spacial score (nSPS) is 13.4. The first kappa shape index (κ1) is 12.3. The summed E-state index contributed by atoms with van der Waals surface area (Å²) < 4.78 is 5.56. The van der Waals surface area contributed by atoms with E-state index in [1.165, 1.54) is 5.56 Å². The highest BCUT2D eigenvalue weighted by Crippen LogP contribution is 2.24. The van der Waals surface area contributed by atoms with Crippen LogP contribution in [0.3, 0.4) is 0 Å². The molecule has 0 aliphatic carbocycles. The van der Waals surface area contributed by atoms with Crippen LogP contribution in [0, 0.1) is 12.8 Å². The van der Waals surface area contributed by atoms with E-state index < -0.39 is 0 Å². The van der Waals surface area contributed by atoms with Crippen molar-refractivity contribution in [3.05, 3.63) is 23.7 Å². The summed E-state index contributed by atoms with van der Waals surface area (Å²) in [5.41, 5.74) is 1.25. The van der Waals surface area contributed by atoms with Crippen LogP contribution in [0.5, 0.6) is 0 Å². The van der Waals surface area contributed by atoms with Crippen LogP contribution in [-0.4, -0.2) is 6.54 Å². The maximum atomic E-state index is 5.56. The van der Waals surface area contributed by atoms with Gasteiger partial charge in [-0.2, -0.15) is 0 Å². The lowest BCUT2D eigenvalue weighted by atomic mass is 10.00. The summed E-state index contributed by atoms with van der Waals surface area (Å²) in [5, 5.41) is 3.55. The van der Waals surface area contributed by atoms with Gasteiger partial charge in [-0.05, 0) is 43.9 Å². The number of aryl methyl sites for hydroxylation is 1. The van der Waals surface area contributed by atoms with Gasteiger partial charge < -0.3 is 9.73 Å². The van der Waals surface area contributed by atoms with Crippen LogP contribution in [0.15, 0.2) is 16.7 Å². The molecule has 2 nitrogen and oxygen atoms in total. The van der Waals surface area contributed by atoms with Crippen LogP contribution in [-0.2, 0) is 0 Å². The minimum absolute atomic E-state index is 0.375. The Balaban J connectivity index is 2.67. The molecule has 0 fully saturated rings. The molecule has 1 heterocycles. The van der Waals surface area contributed by atoms with E-state index >= 15 is 0 Å². The minimum Gasteiger partial charge on any atom is -0.467 e. The molecule has 1 aromatic heterocycles. The van der Waals surface area contributed by atoms with E-state index in [1.807, 2.05) is 6.07 Å². The Morgan fingerprint density at radius 1 is 1.40 bits per heavy atom. The predicted octanol–water partition coefficient (Wildman–Crippen LogP) is 3.67. The lowest BCUT2D eigenvalue weighted by Crippen LogP contribution is -2.23. The Labute approximate surface area is 93.1 Å². The third kappa shape index (κ3) is 3.71. The van der Waals surface area contributed by atoms with Gasteiger partial charge in [0.25, 0.3) is 0 Å². The molecule has 0 radical (unpaired) electrons. The molecule has 1 unspecified atom stereocenters. The van der Waals surface area contributed by atoms with Crippen LogP contribution in [0.25, 0.3) is 0 Å². The molecule has 86 valence electrons. The van der Waals surface area contributed by atoms with E-state index in [1.54, 1.807) is 6.26 Å². The number of furan rings is 1. The van der Waals surface area contributed by atoms with Crippen LogP contribution >= 0.6 is 0 Å². The van der Waals surface area contributed by atoms with Gasteiger partial charge in [0.1, 0.15) is 5.76 Å². The van der Waals surface area contributed by atoms with Crippen molar-refractivity contribution in [3.63, 3.8) is 0 Å². The van der Waals surface area contributed by atoms with Gasteiger partial charge in [0.15, 0.2) is 0 Å². The minimum atomic E-state index is 0.375. The highest BCUT2D eigenvalue weighted by Gasteiger charge is 2.17. The van der Waals surface area contributed by atoms with Gasteiger partial charge >= 0.3 is 0 Å². The Hall–Kier alpha value is -0.760. The molecule has 0 spiro atoms. The third-order valence-electron chi connectivity index (χ3n) is 2.57. The van der Waals surface area contributed by atoms with Crippen molar-refractivity contribution >= 4 is 0 Å². The smallest absolute Gasteiger partial charge is 0.123 e. The van der Waals surface area contributed by atoms with Gasteiger partial charge in [-0.25, -0.2) is 0 Å². The molecule has 0 aliphatic rings. The Morgan fingerprint density at radius 2 is 2.13 bits per heavy atom. The zero-order chi connectivity index (χ0) is 11.3. The summed E-state index contributed by atoms with van der Waals surface area (Å²) in [4.78, 5) is 0. The van der Waals surface area contributed by atoms with Crippen LogP contribution in [0.1, 0.15) is 51.0 Å². The summed E-state index contributed by atoms with van der Waals surface area (Å²) >= 11 is 0. The van der Waals surface area contributed by atoms with Crippen LogP contribution < -0.4 is 5.32 Å². The van der Waals surface area contributed by atoms with E-state index in [0.29, 0.717) is 12.0 Å². The molecule has 0 aromatic carbocycles. The summed E-state index contributed by atoms with van der Waals surface area (Å²) in [6.45, 7) is 9.85. The number of hydrogen-bond donors (Lipinski definition) is 1. The van der Waals surface area contributed by atoms with Gasteiger partial charge in [0.05, 0.1) is 12.3 Å². The molecular formula is C13H23NO. The van der Waals surface area contributed by atoms with E-state index in [-0.39, 0.29) is 0 Å². The second kappa shape index (κ2) is 5.96. The fourth-order valence-corrected chi connectivity index (χ4v) is 1.81. The van der Waals surface area contributed by atoms with Crippen molar-refractivity contribution in [3.8, 4) is 0 Å². The summed E-state index contributed by atoms with van der Waals surface area (Å²) in [6.07, 6.45) is 4.08. The van der Waals surface area contributed by atoms with Crippen molar-refractivity contribution in [2.24, 2.45) is 5.92 Å². The molecule has 0 saturated heterocycles. The highest BCUT2D eigenvalue weighted by molar-refractivity contribution is 5.18. The largest absolute Gasteiger partial charge is 0.467 e.